The molecule has 0 bridgehead atoms. The predicted octanol–water partition coefficient (Wildman–Crippen LogP) is 4.05. The highest BCUT2D eigenvalue weighted by molar-refractivity contribution is 6.42. The Hall–Kier alpha value is -1.42. The molecule has 0 unspecified atom stereocenters. The van der Waals surface area contributed by atoms with Crippen molar-refractivity contribution >= 4 is 23.2 Å². The van der Waals surface area contributed by atoms with Crippen molar-refractivity contribution in [1.29, 1.82) is 0 Å². The molecule has 0 saturated carbocycles. The Morgan fingerprint density at radius 2 is 1.76 bits per heavy atom. The molecule has 0 amide bonds. The van der Waals surface area contributed by atoms with Gasteiger partial charge in [-0.3, -0.25) is 0 Å². The summed E-state index contributed by atoms with van der Waals surface area (Å²) in [5.41, 5.74) is 2.12. The average molecular weight is 324 g/mol. The molecular formula is C16H15Cl2NO2. The Labute approximate surface area is 133 Å². The number of hydrogen-bond acceptors (Lipinski definition) is 3. The monoisotopic (exact) mass is 323 g/mol. The van der Waals surface area contributed by atoms with Crippen LogP contribution in [0.25, 0.3) is 0 Å². The fraction of sp³-hybridized carbons (Fsp3) is 0.250. The van der Waals surface area contributed by atoms with Crippen LogP contribution in [0.3, 0.4) is 0 Å². The van der Waals surface area contributed by atoms with Crippen LogP contribution < -0.4 is 14.8 Å². The van der Waals surface area contributed by atoms with Gasteiger partial charge in [0.2, 0.25) is 0 Å². The summed E-state index contributed by atoms with van der Waals surface area (Å²) in [5, 5.41) is 4.54. The Balaban J connectivity index is 1.61. The van der Waals surface area contributed by atoms with E-state index < -0.39 is 0 Å². The molecule has 0 atom stereocenters. The van der Waals surface area contributed by atoms with Gasteiger partial charge >= 0.3 is 0 Å². The van der Waals surface area contributed by atoms with Crippen LogP contribution in [-0.2, 0) is 13.1 Å². The molecule has 0 radical (unpaired) electrons. The summed E-state index contributed by atoms with van der Waals surface area (Å²) in [6, 6.07) is 11.6. The molecule has 21 heavy (non-hydrogen) atoms. The molecule has 0 spiro atoms. The highest BCUT2D eigenvalue weighted by Crippen LogP contribution is 2.30. The summed E-state index contributed by atoms with van der Waals surface area (Å²) in [6.07, 6.45) is 0. The van der Waals surface area contributed by atoms with Gasteiger partial charge in [-0.15, -0.1) is 0 Å². The van der Waals surface area contributed by atoms with Gasteiger partial charge in [-0.05, 0) is 29.3 Å². The maximum absolute atomic E-state index is 6.16. The average Bonchev–Trinajstić information content (AvgIpc) is 2.51. The maximum atomic E-state index is 6.16. The smallest absolute Gasteiger partial charge is 0.161 e. The lowest BCUT2D eigenvalue weighted by Crippen LogP contribution is -2.16. The van der Waals surface area contributed by atoms with Crippen molar-refractivity contribution in [3.05, 3.63) is 57.6 Å². The molecule has 0 aromatic heterocycles. The Bertz CT molecular complexity index is 646. The predicted molar refractivity (Wildman–Crippen MR) is 84.4 cm³/mol. The zero-order valence-electron chi connectivity index (χ0n) is 11.4. The summed E-state index contributed by atoms with van der Waals surface area (Å²) < 4.78 is 11.1. The Kier molecular flexibility index (Phi) is 4.54. The van der Waals surface area contributed by atoms with Crippen LogP contribution in [-0.4, -0.2) is 13.2 Å². The maximum Gasteiger partial charge on any atom is 0.161 e. The standard InChI is InChI=1S/C16H15Cl2NO2/c17-13-3-1-2-12(16(13)18)10-19-9-11-4-5-14-15(8-11)21-7-6-20-14/h1-5,8,19H,6-7,9-10H2. The van der Waals surface area contributed by atoms with Crippen molar-refractivity contribution in [2.75, 3.05) is 13.2 Å². The lowest BCUT2D eigenvalue weighted by Gasteiger charge is -2.19. The van der Waals surface area contributed by atoms with Crippen LogP contribution in [0.15, 0.2) is 36.4 Å². The van der Waals surface area contributed by atoms with Crippen LogP contribution in [0.5, 0.6) is 11.5 Å². The molecular weight excluding hydrogens is 309 g/mol. The van der Waals surface area contributed by atoms with Gasteiger partial charge in [-0.1, -0.05) is 41.4 Å². The first-order chi connectivity index (χ1) is 10.2. The summed E-state index contributed by atoms with van der Waals surface area (Å²) in [4.78, 5) is 0. The van der Waals surface area contributed by atoms with Crippen molar-refractivity contribution in [1.82, 2.24) is 5.32 Å². The summed E-state index contributed by atoms with van der Waals surface area (Å²) in [5.74, 6) is 1.62. The normalized spacial score (nSPS) is 13.2. The number of halogens is 2. The molecule has 0 fully saturated rings. The van der Waals surface area contributed by atoms with E-state index in [2.05, 4.69) is 5.32 Å². The van der Waals surface area contributed by atoms with Gasteiger partial charge in [0.15, 0.2) is 11.5 Å². The quantitative estimate of drug-likeness (QED) is 0.920. The van der Waals surface area contributed by atoms with Gasteiger partial charge in [-0.25, -0.2) is 0 Å². The molecule has 1 aliphatic heterocycles. The zero-order chi connectivity index (χ0) is 14.7. The van der Waals surface area contributed by atoms with Crippen LogP contribution in [0.1, 0.15) is 11.1 Å². The SMILES string of the molecule is Clc1cccc(CNCc2ccc3c(c2)OCCO3)c1Cl. The largest absolute Gasteiger partial charge is 0.486 e. The lowest BCUT2D eigenvalue weighted by molar-refractivity contribution is 0.171. The summed E-state index contributed by atoms with van der Waals surface area (Å²) in [7, 11) is 0. The van der Waals surface area contributed by atoms with E-state index in [0.717, 1.165) is 29.2 Å². The third-order valence-corrected chi connectivity index (χ3v) is 4.14. The van der Waals surface area contributed by atoms with Crippen LogP contribution >= 0.6 is 23.2 Å². The number of nitrogens with one attached hydrogen (secondary N) is 1. The number of hydrogen-bond donors (Lipinski definition) is 1. The molecule has 3 nitrogen and oxygen atoms in total. The number of rotatable bonds is 4. The highest BCUT2D eigenvalue weighted by atomic mass is 35.5. The minimum absolute atomic E-state index is 0.579. The molecule has 3 rings (SSSR count). The van der Waals surface area contributed by atoms with Gasteiger partial charge in [0.05, 0.1) is 10.0 Å². The fourth-order valence-electron chi connectivity index (χ4n) is 2.22. The summed E-state index contributed by atoms with van der Waals surface area (Å²) >= 11 is 12.2. The molecule has 1 aliphatic rings. The van der Waals surface area contributed by atoms with Gasteiger partial charge in [0, 0.05) is 13.1 Å². The van der Waals surface area contributed by atoms with E-state index >= 15 is 0 Å². The van der Waals surface area contributed by atoms with Gasteiger partial charge in [0.25, 0.3) is 0 Å². The number of benzene rings is 2. The topological polar surface area (TPSA) is 30.5 Å². The molecule has 0 aliphatic carbocycles. The van der Waals surface area contributed by atoms with Crippen molar-refractivity contribution in [3.63, 3.8) is 0 Å². The van der Waals surface area contributed by atoms with E-state index in [4.69, 9.17) is 32.7 Å². The van der Waals surface area contributed by atoms with Crippen molar-refractivity contribution < 1.29 is 9.47 Å². The molecule has 2 aromatic rings. The second-order valence-electron chi connectivity index (χ2n) is 4.79. The second-order valence-corrected chi connectivity index (χ2v) is 5.58. The number of ether oxygens (including phenoxy) is 2. The van der Waals surface area contributed by atoms with E-state index in [-0.39, 0.29) is 0 Å². The lowest BCUT2D eigenvalue weighted by atomic mass is 10.1. The second kappa shape index (κ2) is 6.56. The van der Waals surface area contributed by atoms with E-state index in [0.29, 0.717) is 29.8 Å². The van der Waals surface area contributed by atoms with Crippen LogP contribution in [0, 0.1) is 0 Å². The first-order valence-corrected chi connectivity index (χ1v) is 7.52. The van der Waals surface area contributed by atoms with Gasteiger partial charge in [-0.2, -0.15) is 0 Å². The fourth-order valence-corrected chi connectivity index (χ4v) is 2.61. The highest BCUT2D eigenvalue weighted by Gasteiger charge is 2.11. The molecule has 110 valence electrons. The first kappa shape index (κ1) is 14.5. The van der Waals surface area contributed by atoms with Gasteiger partial charge in [0.1, 0.15) is 13.2 Å². The Morgan fingerprint density at radius 1 is 0.952 bits per heavy atom. The first-order valence-electron chi connectivity index (χ1n) is 6.76. The third-order valence-electron chi connectivity index (χ3n) is 3.28. The molecule has 1 heterocycles. The van der Waals surface area contributed by atoms with Crippen LogP contribution in [0.2, 0.25) is 10.0 Å². The minimum atomic E-state index is 0.579. The zero-order valence-corrected chi connectivity index (χ0v) is 12.9. The Morgan fingerprint density at radius 3 is 2.62 bits per heavy atom. The van der Waals surface area contributed by atoms with Gasteiger partial charge < -0.3 is 14.8 Å². The minimum Gasteiger partial charge on any atom is -0.486 e. The molecule has 2 aromatic carbocycles. The molecule has 1 N–H and O–H groups in total. The van der Waals surface area contributed by atoms with Crippen molar-refractivity contribution in [2.24, 2.45) is 0 Å². The van der Waals surface area contributed by atoms with E-state index in [1.807, 2.05) is 30.3 Å². The van der Waals surface area contributed by atoms with Crippen molar-refractivity contribution in [2.45, 2.75) is 13.1 Å². The summed E-state index contributed by atoms with van der Waals surface area (Å²) in [6.45, 7) is 2.59. The van der Waals surface area contributed by atoms with Crippen molar-refractivity contribution in [3.8, 4) is 11.5 Å². The van der Waals surface area contributed by atoms with E-state index in [1.54, 1.807) is 6.07 Å². The number of fused-ring (bicyclic) bond motifs is 1. The third kappa shape index (κ3) is 3.43. The van der Waals surface area contributed by atoms with E-state index in [1.165, 1.54) is 0 Å². The molecule has 5 heteroatoms. The van der Waals surface area contributed by atoms with Crippen LogP contribution in [0.4, 0.5) is 0 Å². The van der Waals surface area contributed by atoms with E-state index in [9.17, 15) is 0 Å². The molecule has 0 saturated heterocycles.